The Morgan fingerprint density at radius 2 is 2.29 bits per heavy atom. The second-order valence-electron chi connectivity index (χ2n) is 4.50. The van der Waals surface area contributed by atoms with Crippen molar-refractivity contribution in [1.29, 1.82) is 0 Å². The Hall–Kier alpha value is -0.610. The number of carboxylic acids is 1. The first-order chi connectivity index (χ1) is 6.49. The van der Waals surface area contributed by atoms with Gasteiger partial charge < -0.3 is 10.8 Å². The molecule has 1 aliphatic heterocycles. The molecule has 0 aromatic heterocycles. The van der Waals surface area contributed by atoms with Crippen molar-refractivity contribution >= 4 is 5.97 Å². The van der Waals surface area contributed by atoms with Gasteiger partial charge in [-0.3, -0.25) is 9.69 Å². The zero-order valence-electron chi connectivity index (χ0n) is 8.94. The van der Waals surface area contributed by atoms with Gasteiger partial charge in [0.1, 0.15) is 0 Å². The predicted octanol–water partition coefficient (Wildman–Crippen LogP) is 0.519. The molecule has 1 saturated heterocycles. The zero-order valence-corrected chi connectivity index (χ0v) is 8.94. The number of hydrogen-bond acceptors (Lipinski definition) is 3. The molecule has 1 heterocycles. The minimum atomic E-state index is -0.732. The van der Waals surface area contributed by atoms with Gasteiger partial charge in [0.2, 0.25) is 0 Å². The van der Waals surface area contributed by atoms with Crippen LogP contribution in [0.3, 0.4) is 0 Å². The van der Waals surface area contributed by atoms with Gasteiger partial charge in [0, 0.05) is 25.2 Å². The summed E-state index contributed by atoms with van der Waals surface area (Å²) in [5.41, 5.74) is 5.90. The molecule has 0 aromatic carbocycles. The monoisotopic (exact) mass is 200 g/mol. The Balaban J connectivity index is 2.46. The molecule has 1 fully saturated rings. The van der Waals surface area contributed by atoms with Gasteiger partial charge in [-0.05, 0) is 19.3 Å². The number of rotatable bonds is 3. The van der Waals surface area contributed by atoms with E-state index in [2.05, 4.69) is 11.8 Å². The molecule has 4 heteroatoms. The first kappa shape index (κ1) is 11.5. The van der Waals surface area contributed by atoms with Gasteiger partial charge in [-0.2, -0.15) is 0 Å². The highest BCUT2D eigenvalue weighted by atomic mass is 16.4. The topological polar surface area (TPSA) is 66.6 Å². The molecule has 3 atom stereocenters. The Bertz CT molecular complexity index is 198. The van der Waals surface area contributed by atoms with Crippen molar-refractivity contribution in [2.45, 2.75) is 38.8 Å². The normalized spacial score (nSPS) is 31.4. The van der Waals surface area contributed by atoms with Crippen LogP contribution in [-0.4, -0.2) is 41.1 Å². The number of likely N-dealkylation sites (tertiary alicyclic amines) is 1. The summed E-state index contributed by atoms with van der Waals surface area (Å²) in [4.78, 5) is 12.7. The summed E-state index contributed by atoms with van der Waals surface area (Å²) in [6, 6.07) is 0.302. The molecule has 0 bridgehead atoms. The number of piperidine rings is 1. The van der Waals surface area contributed by atoms with E-state index in [4.69, 9.17) is 10.8 Å². The first-order valence-corrected chi connectivity index (χ1v) is 5.20. The summed E-state index contributed by atoms with van der Waals surface area (Å²) in [6.07, 6.45) is 1.26. The van der Waals surface area contributed by atoms with Crippen molar-refractivity contribution in [3.63, 3.8) is 0 Å². The van der Waals surface area contributed by atoms with Crippen LogP contribution in [0.2, 0.25) is 0 Å². The van der Waals surface area contributed by atoms with E-state index in [1.165, 1.54) is 0 Å². The summed E-state index contributed by atoms with van der Waals surface area (Å²) < 4.78 is 0. The third-order valence-electron chi connectivity index (χ3n) is 2.81. The van der Waals surface area contributed by atoms with Crippen molar-refractivity contribution < 1.29 is 9.90 Å². The highest BCUT2D eigenvalue weighted by Crippen LogP contribution is 2.18. The maximum absolute atomic E-state index is 10.6. The van der Waals surface area contributed by atoms with E-state index in [1.54, 1.807) is 0 Å². The smallest absolute Gasteiger partial charge is 0.304 e. The van der Waals surface area contributed by atoms with E-state index in [0.717, 1.165) is 19.5 Å². The number of aliphatic carboxylic acids is 1. The van der Waals surface area contributed by atoms with Gasteiger partial charge in [0.05, 0.1) is 6.42 Å². The molecule has 0 spiro atoms. The number of nitrogens with two attached hydrogens (primary N) is 1. The van der Waals surface area contributed by atoms with Crippen molar-refractivity contribution in [3.8, 4) is 0 Å². The Kier molecular flexibility index (Phi) is 3.89. The zero-order chi connectivity index (χ0) is 10.7. The summed E-state index contributed by atoms with van der Waals surface area (Å²) in [6.45, 7) is 5.93. The number of carbonyl (C=O) groups is 1. The van der Waals surface area contributed by atoms with Gasteiger partial charge in [0.15, 0.2) is 0 Å². The van der Waals surface area contributed by atoms with Crippen LogP contribution in [0.5, 0.6) is 0 Å². The van der Waals surface area contributed by atoms with Crippen LogP contribution in [0.1, 0.15) is 26.7 Å². The van der Waals surface area contributed by atoms with Gasteiger partial charge in [0.25, 0.3) is 0 Å². The lowest BCUT2D eigenvalue weighted by atomic mass is 9.95. The minimum Gasteiger partial charge on any atom is -0.481 e. The highest BCUT2D eigenvalue weighted by Gasteiger charge is 2.26. The molecule has 1 aliphatic rings. The lowest BCUT2D eigenvalue weighted by Crippen LogP contribution is -2.50. The second-order valence-corrected chi connectivity index (χ2v) is 4.50. The Morgan fingerprint density at radius 3 is 2.79 bits per heavy atom. The van der Waals surface area contributed by atoms with Gasteiger partial charge in [-0.25, -0.2) is 0 Å². The summed E-state index contributed by atoms with van der Waals surface area (Å²) in [5.74, 6) is -0.153. The van der Waals surface area contributed by atoms with E-state index in [-0.39, 0.29) is 18.5 Å². The predicted molar refractivity (Wildman–Crippen MR) is 55.0 cm³/mol. The fraction of sp³-hybridized carbons (Fsp3) is 0.900. The molecular formula is C10H20N2O2. The van der Waals surface area contributed by atoms with Crippen LogP contribution in [0.15, 0.2) is 0 Å². The largest absolute Gasteiger partial charge is 0.481 e. The van der Waals surface area contributed by atoms with Crippen LogP contribution < -0.4 is 5.73 Å². The van der Waals surface area contributed by atoms with E-state index >= 15 is 0 Å². The fourth-order valence-corrected chi connectivity index (χ4v) is 2.18. The standard InChI is InChI=1S/C10H20N2O2/c1-7-3-9(11)6-12(5-7)8(2)4-10(13)14/h7-9H,3-6,11H2,1-2H3,(H,13,14). The average Bonchev–Trinajstić information content (AvgIpc) is 2.00. The second kappa shape index (κ2) is 4.75. The fourth-order valence-electron chi connectivity index (χ4n) is 2.18. The van der Waals surface area contributed by atoms with E-state index in [1.807, 2.05) is 6.92 Å². The molecule has 1 rings (SSSR count). The van der Waals surface area contributed by atoms with E-state index in [9.17, 15) is 4.79 Å². The van der Waals surface area contributed by atoms with E-state index in [0.29, 0.717) is 5.92 Å². The maximum Gasteiger partial charge on any atom is 0.304 e. The number of nitrogens with zero attached hydrogens (tertiary/aromatic N) is 1. The lowest BCUT2D eigenvalue weighted by Gasteiger charge is -2.38. The van der Waals surface area contributed by atoms with Crippen molar-refractivity contribution in [2.75, 3.05) is 13.1 Å². The molecule has 0 aliphatic carbocycles. The Morgan fingerprint density at radius 1 is 1.64 bits per heavy atom. The third-order valence-corrected chi connectivity index (χ3v) is 2.81. The number of carboxylic acid groups (broad SMARTS) is 1. The van der Waals surface area contributed by atoms with Crippen LogP contribution in [0, 0.1) is 5.92 Å². The maximum atomic E-state index is 10.6. The van der Waals surface area contributed by atoms with Gasteiger partial charge in [-0.1, -0.05) is 6.92 Å². The molecule has 0 saturated carbocycles. The van der Waals surface area contributed by atoms with Gasteiger partial charge >= 0.3 is 5.97 Å². The van der Waals surface area contributed by atoms with E-state index < -0.39 is 5.97 Å². The SMILES string of the molecule is CC1CC(N)CN(C(C)CC(=O)O)C1. The average molecular weight is 200 g/mol. The van der Waals surface area contributed by atoms with Crippen LogP contribution in [0.4, 0.5) is 0 Å². The molecule has 0 radical (unpaired) electrons. The third kappa shape index (κ3) is 3.27. The quantitative estimate of drug-likeness (QED) is 0.697. The number of hydrogen-bond donors (Lipinski definition) is 2. The van der Waals surface area contributed by atoms with Crippen LogP contribution in [-0.2, 0) is 4.79 Å². The summed E-state index contributed by atoms with van der Waals surface area (Å²) in [7, 11) is 0. The molecule has 82 valence electrons. The highest BCUT2D eigenvalue weighted by molar-refractivity contribution is 5.67. The van der Waals surface area contributed by atoms with Crippen molar-refractivity contribution in [1.82, 2.24) is 4.90 Å². The van der Waals surface area contributed by atoms with Crippen LogP contribution >= 0.6 is 0 Å². The molecule has 14 heavy (non-hydrogen) atoms. The Labute approximate surface area is 85.1 Å². The van der Waals surface area contributed by atoms with Crippen LogP contribution in [0.25, 0.3) is 0 Å². The summed E-state index contributed by atoms with van der Waals surface area (Å²) >= 11 is 0. The lowest BCUT2D eigenvalue weighted by molar-refractivity contribution is -0.138. The summed E-state index contributed by atoms with van der Waals surface area (Å²) in [5, 5.41) is 8.69. The molecule has 3 N–H and O–H groups in total. The minimum absolute atomic E-state index is 0.0984. The molecule has 0 amide bonds. The van der Waals surface area contributed by atoms with Crippen molar-refractivity contribution in [3.05, 3.63) is 0 Å². The van der Waals surface area contributed by atoms with Crippen molar-refractivity contribution in [2.24, 2.45) is 11.7 Å². The molecule has 0 aromatic rings. The molecule has 4 nitrogen and oxygen atoms in total. The van der Waals surface area contributed by atoms with Gasteiger partial charge in [-0.15, -0.1) is 0 Å². The first-order valence-electron chi connectivity index (χ1n) is 5.20. The molecular weight excluding hydrogens is 180 g/mol. The molecule has 3 unspecified atom stereocenters.